The standard InChI is InChI=1S/C17H16BrNO.ClH/c18-15-9-7-14(8-10-15)17(20)13-5-3-12(4-6-13)16-2-1-11-19-16;/h3-10,16,19H,1-2,11H2;1H/t16-;/m1./s1. The summed E-state index contributed by atoms with van der Waals surface area (Å²) >= 11 is 3.38. The normalized spacial score (nSPS) is 17.3. The van der Waals surface area contributed by atoms with Crippen LogP contribution in [-0.2, 0) is 0 Å². The summed E-state index contributed by atoms with van der Waals surface area (Å²) in [6.45, 7) is 1.09. The van der Waals surface area contributed by atoms with Crippen LogP contribution in [0.4, 0.5) is 0 Å². The minimum atomic E-state index is 0. The molecule has 2 nitrogen and oxygen atoms in total. The Morgan fingerprint density at radius 3 is 2.10 bits per heavy atom. The van der Waals surface area contributed by atoms with Gasteiger partial charge in [-0.1, -0.05) is 40.2 Å². The molecule has 0 saturated carbocycles. The SMILES string of the molecule is Cl.O=C(c1ccc(Br)cc1)c1ccc([C@H]2CCCN2)cc1. The van der Waals surface area contributed by atoms with Crippen molar-refractivity contribution in [2.24, 2.45) is 0 Å². The second kappa shape index (κ2) is 7.21. The van der Waals surface area contributed by atoms with E-state index in [1.165, 1.54) is 18.4 Å². The highest BCUT2D eigenvalue weighted by atomic mass is 79.9. The highest BCUT2D eigenvalue weighted by molar-refractivity contribution is 9.10. The Kier molecular flexibility index (Phi) is 5.57. The van der Waals surface area contributed by atoms with Gasteiger partial charge in [-0.25, -0.2) is 0 Å². The Morgan fingerprint density at radius 1 is 1.00 bits per heavy atom. The van der Waals surface area contributed by atoms with Crippen LogP contribution in [-0.4, -0.2) is 12.3 Å². The van der Waals surface area contributed by atoms with E-state index in [2.05, 4.69) is 33.4 Å². The maximum atomic E-state index is 12.4. The molecule has 0 aromatic heterocycles. The van der Waals surface area contributed by atoms with E-state index in [9.17, 15) is 4.79 Å². The average molecular weight is 367 g/mol. The van der Waals surface area contributed by atoms with E-state index in [1.54, 1.807) is 0 Å². The number of rotatable bonds is 3. The molecule has 1 aliphatic rings. The summed E-state index contributed by atoms with van der Waals surface area (Å²) < 4.78 is 0.983. The molecule has 1 saturated heterocycles. The number of halogens is 2. The Balaban J connectivity index is 0.00000161. The second-order valence-electron chi connectivity index (χ2n) is 5.11. The van der Waals surface area contributed by atoms with Crippen LogP contribution >= 0.6 is 28.3 Å². The van der Waals surface area contributed by atoms with Gasteiger partial charge < -0.3 is 5.32 Å². The quantitative estimate of drug-likeness (QED) is 0.809. The van der Waals surface area contributed by atoms with Crippen LogP contribution in [0.2, 0.25) is 0 Å². The van der Waals surface area contributed by atoms with E-state index in [4.69, 9.17) is 0 Å². The second-order valence-corrected chi connectivity index (χ2v) is 6.02. The molecule has 0 unspecified atom stereocenters. The highest BCUT2D eigenvalue weighted by Crippen LogP contribution is 2.23. The largest absolute Gasteiger partial charge is 0.310 e. The average Bonchev–Trinajstić information content (AvgIpc) is 3.02. The van der Waals surface area contributed by atoms with E-state index in [1.807, 2.05) is 36.4 Å². The monoisotopic (exact) mass is 365 g/mol. The van der Waals surface area contributed by atoms with Crippen molar-refractivity contribution in [3.05, 3.63) is 69.7 Å². The maximum Gasteiger partial charge on any atom is 0.193 e. The van der Waals surface area contributed by atoms with Crippen LogP contribution in [0.3, 0.4) is 0 Å². The molecule has 0 radical (unpaired) electrons. The van der Waals surface area contributed by atoms with E-state index in [0.29, 0.717) is 6.04 Å². The number of hydrogen-bond acceptors (Lipinski definition) is 2. The molecule has 0 spiro atoms. The first kappa shape index (κ1) is 16.2. The molecule has 4 heteroatoms. The van der Waals surface area contributed by atoms with Crippen molar-refractivity contribution in [2.45, 2.75) is 18.9 Å². The molecule has 3 rings (SSSR count). The van der Waals surface area contributed by atoms with Crippen molar-refractivity contribution < 1.29 is 4.79 Å². The number of ketones is 1. The van der Waals surface area contributed by atoms with Gasteiger partial charge in [0.2, 0.25) is 0 Å². The van der Waals surface area contributed by atoms with E-state index in [0.717, 1.165) is 22.1 Å². The smallest absolute Gasteiger partial charge is 0.193 e. The van der Waals surface area contributed by atoms with Crippen molar-refractivity contribution >= 4 is 34.1 Å². The van der Waals surface area contributed by atoms with Gasteiger partial charge in [-0.3, -0.25) is 4.79 Å². The fraction of sp³-hybridized carbons (Fsp3) is 0.235. The van der Waals surface area contributed by atoms with Gasteiger partial charge in [-0.2, -0.15) is 0 Å². The lowest BCUT2D eigenvalue weighted by atomic mass is 9.99. The summed E-state index contributed by atoms with van der Waals surface area (Å²) in [5, 5.41) is 3.47. The molecule has 1 aliphatic heterocycles. The van der Waals surface area contributed by atoms with Crippen LogP contribution < -0.4 is 5.32 Å². The first-order valence-corrected chi connectivity index (χ1v) is 7.67. The molecule has 0 amide bonds. The number of carbonyl (C=O) groups is 1. The third kappa shape index (κ3) is 3.73. The lowest BCUT2D eigenvalue weighted by Gasteiger charge is -2.11. The third-order valence-electron chi connectivity index (χ3n) is 3.74. The van der Waals surface area contributed by atoms with Crippen molar-refractivity contribution in [1.82, 2.24) is 5.32 Å². The molecule has 21 heavy (non-hydrogen) atoms. The lowest BCUT2D eigenvalue weighted by molar-refractivity contribution is 0.103. The van der Waals surface area contributed by atoms with Crippen LogP contribution in [0.25, 0.3) is 0 Å². The van der Waals surface area contributed by atoms with Gasteiger partial charge >= 0.3 is 0 Å². The van der Waals surface area contributed by atoms with Crippen LogP contribution in [0.15, 0.2) is 53.0 Å². The molecule has 0 aliphatic carbocycles. The molecular weight excluding hydrogens is 350 g/mol. The molecular formula is C17H17BrClNO. The molecule has 2 aromatic rings. The Bertz CT molecular complexity index is 604. The van der Waals surface area contributed by atoms with E-state index >= 15 is 0 Å². The maximum absolute atomic E-state index is 12.4. The number of benzene rings is 2. The summed E-state index contributed by atoms with van der Waals surface area (Å²) in [5.41, 5.74) is 2.74. The highest BCUT2D eigenvalue weighted by Gasteiger charge is 2.16. The van der Waals surface area contributed by atoms with Gasteiger partial charge in [-0.15, -0.1) is 12.4 Å². The zero-order chi connectivity index (χ0) is 13.9. The minimum absolute atomic E-state index is 0. The van der Waals surface area contributed by atoms with Gasteiger partial charge in [-0.05, 0) is 49.2 Å². The van der Waals surface area contributed by atoms with Gasteiger partial charge in [0.05, 0.1) is 0 Å². The number of hydrogen-bond donors (Lipinski definition) is 1. The lowest BCUT2D eigenvalue weighted by Crippen LogP contribution is -2.13. The van der Waals surface area contributed by atoms with Crippen LogP contribution in [0.1, 0.15) is 40.4 Å². The predicted molar refractivity (Wildman–Crippen MR) is 91.2 cm³/mol. The van der Waals surface area contributed by atoms with Gasteiger partial charge in [0.1, 0.15) is 0 Å². The molecule has 1 heterocycles. The fourth-order valence-electron chi connectivity index (χ4n) is 2.60. The predicted octanol–water partition coefficient (Wildman–Crippen LogP) is 4.53. The first-order chi connectivity index (χ1) is 9.74. The van der Waals surface area contributed by atoms with Gasteiger partial charge in [0, 0.05) is 21.6 Å². The van der Waals surface area contributed by atoms with Crippen LogP contribution in [0.5, 0.6) is 0 Å². The summed E-state index contributed by atoms with van der Waals surface area (Å²) in [5.74, 6) is 0.0726. The van der Waals surface area contributed by atoms with Crippen molar-refractivity contribution in [2.75, 3.05) is 6.54 Å². The van der Waals surface area contributed by atoms with Gasteiger partial charge in [0.25, 0.3) is 0 Å². The zero-order valence-electron chi connectivity index (χ0n) is 11.5. The molecule has 110 valence electrons. The van der Waals surface area contributed by atoms with Crippen LogP contribution in [0, 0.1) is 0 Å². The minimum Gasteiger partial charge on any atom is -0.310 e. The molecule has 1 atom stereocenters. The summed E-state index contributed by atoms with van der Waals surface area (Å²) in [6.07, 6.45) is 2.41. The van der Waals surface area contributed by atoms with E-state index < -0.39 is 0 Å². The molecule has 2 aromatic carbocycles. The van der Waals surface area contributed by atoms with Crippen molar-refractivity contribution in [1.29, 1.82) is 0 Å². The molecule has 1 fully saturated rings. The Morgan fingerprint density at radius 2 is 1.57 bits per heavy atom. The molecule has 1 N–H and O–H groups in total. The topological polar surface area (TPSA) is 29.1 Å². The van der Waals surface area contributed by atoms with E-state index in [-0.39, 0.29) is 18.2 Å². The first-order valence-electron chi connectivity index (χ1n) is 6.87. The summed E-state index contributed by atoms with van der Waals surface area (Å²) in [7, 11) is 0. The van der Waals surface area contributed by atoms with Crippen molar-refractivity contribution in [3.63, 3.8) is 0 Å². The third-order valence-corrected chi connectivity index (χ3v) is 4.27. The van der Waals surface area contributed by atoms with Crippen molar-refractivity contribution in [3.8, 4) is 0 Å². The Hall–Kier alpha value is -1.16. The zero-order valence-corrected chi connectivity index (χ0v) is 13.9. The number of nitrogens with one attached hydrogen (secondary N) is 1. The fourth-order valence-corrected chi connectivity index (χ4v) is 2.87. The summed E-state index contributed by atoms with van der Waals surface area (Å²) in [4.78, 5) is 12.4. The van der Waals surface area contributed by atoms with Gasteiger partial charge in [0.15, 0.2) is 5.78 Å². The number of carbonyl (C=O) groups excluding carboxylic acids is 1. The molecule has 0 bridgehead atoms. The summed E-state index contributed by atoms with van der Waals surface area (Å²) in [6, 6.07) is 15.9. The Labute approximate surface area is 139 Å².